The number of hydrazine groups is 1. The lowest BCUT2D eigenvalue weighted by molar-refractivity contribution is -0.130. The van der Waals surface area contributed by atoms with Gasteiger partial charge in [0.1, 0.15) is 17.3 Å². The van der Waals surface area contributed by atoms with E-state index in [4.69, 9.17) is 9.47 Å². The van der Waals surface area contributed by atoms with Crippen LogP contribution in [-0.2, 0) is 9.59 Å². The van der Waals surface area contributed by atoms with E-state index < -0.39 is 17.6 Å². The Labute approximate surface area is 167 Å². The number of hydrogen-bond acceptors (Lipinski definition) is 4. The molecule has 0 fully saturated rings. The van der Waals surface area contributed by atoms with Crippen molar-refractivity contribution in [3.63, 3.8) is 0 Å². The summed E-state index contributed by atoms with van der Waals surface area (Å²) in [4.78, 5) is 24.2. The van der Waals surface area contributed by atoms with Crippen molar-refractivity contribution in [3.8, 4) is 11.5 Å². The molecule has 7 heteroatoms. The molecule has 0 bridgehead atoms. The number of nitrogens with one attached hydrogen (secondary N) is 2. The molecule has 0 saturated heterocycles. The number of carbonyl (C=O) groups excluding carboxylic acids is 2. The van der Waals surface area contributed by atoms with Crippen LogP contribution in [0.5, 0.6) is 11.5 Å². The maximum absolute atomic E-state index is 12.8. The standard InChI is InChI=1S/C22H21FN2O4/c1-14(15-3-4-17-12-20(28-2)8-5-16(17)11-15)22(27)25-24-21(26)13-29-19-9-6-18(23)7-10-19/h3-12,14H,13H2,1-2H3,(H,24,26)(H,25,27)/t14-/m0/s1. The zero-order valence-corrected chi connectivity index (χ0v) is 16.1. The molecule has 3 aromatic carbocycles. The summed E-state index contributed by atoms with van der Waals surface area (Å²) in [7, 11) is 1.61. The molecule has 3 rings (SSSR count). The van der Waals surface area contributed by atoms with Crippen molar-refractivity contribution in [3.05, 3.63) is 72.0 Å². The molecule has 29 heavy (non-hydrogen) atoms. The Balaban J connectivity index is 1.53. The smallest absolute Gasteiger partial charge is 0.276 e. The first-order valence-electron chi connectivity index (χ1n) is 9.01. The second-order valence-corrected chi connectivity index (χ2v) is 6.47. The van der Waals surface area contributed by atoms with Crippen molar-refractivity contribution >= 4 is 22.6 Å². The molecule has 0 aliphatic carbocycles. The number of halogens is 1. The molecule has 0 aliphatic heterocycles. The fraction of sp³-hybridized carbons (Fsp3) is 0.182. The molecule has 2 amide bonds. The lowest BCUT2D eigenvalue weighted by atomic mass is 9.97. The molecule has 0 spiro atoms. The summed E-state index contributed by atoms with van der Waals surface area (Å²) in [5.74, 6) is -0.625. The van der Waals surface area contributed by atoms with Crippen LogP contribution in [0.3, 0.4) is 0 Å². The van der Waals surface area contributed by atoms with Gasteiger partial charge in [0, 0.05) is 0 Å². The Morgan fingerprint density at radius 3 is 2.31 bits per heavy atom. The normalized spacial score (nSPS) is 11.6. The van der Waals surface area contributed by atoms with Gasteiger partial charge in [-0.3, -0.25) is 20.4 Å². The van der Waals surface area contributed by atoms with Gasteiger partial charge in [0.2, 0.25) is 5.91 Å². The van der Waals surface area contributed by atoms with E-state index in [0.717, 1.165) is 22.1 Å². The first kappa shape index (κ1) is 20.1. The summed E-state index contributed by atoms with van der Waals surface area (Å²) in [5.41, 5.74) is 5.52. The molecular formula is C22H21FN2O4. The van der Waals surface area contributed by atoms with Crippen molar-refractivity contribution in [1.82, 2.24) is 10.9 Å². The zero-order chi connectivity index (χ0) is 20.8. The molecule has 0 aromatic heterocycles. The van der Waals surface area contributed by atoms with Crippen molar-refractivity contribution in [1.29, 1.82) is 0 Å². The van der Waals surface area contributed by atoms with Gasteiger partial charge in [-0.2, -0.15) is 0 Å². The number of ether oxygens (including phenoxy) is 2. The van der Waals surface area contributed by atoms with Crippen LogP contribution < -0.4 is 20.3 Å². The van der Waals surface area contributed by atoms with Gasteiger partial charge in [-0.25, -0.2) is 4.39 Å². The van der Waals surface area contributed by atoms with E-state index in [-0.39, 0.29) is 12.5 Å². The molecule has 150 valence electrons. The van der Waals surface area contributed by atoms with Crippen LogP contribution in [0, 0.1) is 5.82 Å². The minimum Gasteiger partial charge on any atom is -0.497 e. The minimum absolute atomic E-state index is 0.307. The van der Waals surface area contributed by atoms with Crippen molar-refractivity contribution < 1.29 is 23.5 Å². The van der Waals surface area contributed by atoms with E-state index >= 15 is 0 Å². The van der Waals surface area contributed by atoms with Crippen LogP contribution in [0.4, 0.5) is 4.39 Å². The molecule has 2 N–H and O–H groups in total. The van der Waals surface area contributed by atoms with E-state index in [0.29, 0.717) is 5.75 Å². The Morgan fingerprint density at radius 2 is 1.59 bits per heavy atom. The highest BCUT2D eigenvalue weighted by Gasteiger charge is 2.16. The van der Waals surface area contributed by atoms with E-state index in [2.05, 4.69) is 10.9 Å². The van der Waals surface area contributed by atoms with Gasteiger partial charge in [-0.1, -0.05) is 24.3 Å². The van der Waals surface area contributed by atoms with Crippen molar-refractivity contribution in [2.24, 2.45) is 0 Å². The van der Waals surface area contributed by atoms with Crippen molar-refractivity contribution in [2.45, 2.75) is 12.8 Å². The molecule has 1 atom stereocenters. The van der Waals surface area contributed by atoms with E-state index in [1.807, 2.05) is 36.4 Å². The van der Waals surface area contributed by atoms with Gasteiger partial charge < -0.3 is 9.47 Å². The first-order chi connectivity index (χ1) is 14.0. The first-order valence-corrected chi connectivity index (χ1v) is 9.01. The second-order valence-electron chi connectivity index (χ2n) is 6.47. The van der Waals surface area contributed by atoms with Gasteiger partial charge in [0.05, 0.1) is 13.0 Å². The Hall–Kier alpha value is -3.61. The average molecular weight is 396 g/mol. The quantitative estimate of drug-likeness (QED) is 0.627. The van der Waals surface area contributed by atoms with E-state index in [1.54, 1.807) is 14.0 Å². The van der Waals surface area contributed by atoms with Crippen LogP contribution in [0.25, 0.3) is 10.8 Å². The molecule has 6 nitrogen and oxygen atoms in total. The molecule has 0 saturated carbocycles. The highest BCUT2D eigenvalue weighted by atomic mass is 19.1. The van der Waals surface area contributed by atoms with Gasteiger partial charge in [0.15, 0.2) is 6.61 Å². The monoisotopic (exact) mass is 396 g/mol. The number of carbonyl (C=O) groups is 2. The maximum Gasteiger partial charge on any atom is 0.276 e. The van der Waals surface area contributed by atoms with Crippen LogP contribution >= 0.6 is 0 Å². The van der Waals surface area contributed by atoms with Crippen LogP contribution in [0.15, 0.2) is 60.7 Å². The average Bonchev–Trinajstić information content (AvgIpc) is 2.75. The highest BCUT2D eigenvalue weighted by Crippen LogP contribution is 2.25. The van der Waals surface area contributed by atoms with Crippen LogP contribution in [0.2, 0.25) is 0 Å². The summed E-state index contributed by atoms with van der Waals surface area (Å²) >= 11 is 0. The number of methoxy groups -OCH3 is 1. The number of fused-ring (bicyclic) bond motifs is 1. The molecule has 0 unspecified atom stereocenters. The topological polar surface area (TPSA) is 76.7 Å². The van der Waals surface area contributed by atoms with Gasteiger partial charge in [0.25, 0.3) is 5.91 Å². The predicted octanol–water partition coefficient (Wildman–Crippen LogP) is 3.32. The maximum atomic E-state index is 12.8. The lowest BCUT2D eigenvalue weighted by Crippen LogP contribution is -2.45. The minimum atomic E-state index is -0.527. The number of rotatable bonds is 6. The SMILES string of the molecule is COc1ccc2cc([C@H](C)C(=O)NNC(=O)COc3ccc(F)cc3)ccc2c1. The number of benzene rings is 3. The molecular weight excluding hydrogens is 375 g/mol. The zero-order valence-electron chi connectivity index (χ0n) is 16.1. The summed E-state index contributed by atoms with van der Waals surface area (Å²) in [6.07, 6.45) is 0. The predicted molar refractivity (Wildman–Crippen MR) is 107 cm³/mol. The van der Waals surface area contributed by atoms with Crippen LogP contribution in [0.1, 0.15) is 18.4 Å². The number of amides is 2. The molecule has 0 radical (unpaired) electrons. The van der Waals surface area contributed by atoms with Gasteiger partial charge in [-0.05, 0) is 59.7 Å². The summed E-state index contributed by atoms with van der Waals surface area (Å²) in [6, 6.07) is 16.7. The molecule has 0 heterocycles. The van der Waals surface area contributed by atoms with E-state index in [9.17, 15) is 14.0 Å². The summed E-state index contributed by atoms with van der Waals surface area (Å²) in [5, 5.41) is 1.99. The third-order valence-corrected chi connectivity index (χ3v) is 4.47. The van der Waals surface area contributed by atoms with Gasteiger partial charge >= 0.3 is 0 Å². The second kappa shape index (κ2) is 9.05. The highest BCUT2D eigenvalue weighted by molar-refractivity contribution is 5.89. The fourth-order valence-electron chi connectivity index (χ4n) is 2.75. The van der Waals surface area contributed by atoms with Gasteiger partial charge in [-0.15, -0.1) is 0 Å². The third kappa shape index (κ3) is 5.22. The Morgan fingerprint density at radius 1 is 0.931 bits per heavy atom. The Kier molecular flexibility index (Phi) is 6.29. The summed E-state index contributed by atoms with van der Waals surface area (Å²) < 4.78 is 23.3. The van der Waals surface area contributed by atoms with Crippen LogP contribution in [-0.4, -0.2) is 25.5 Å². The third-order valence-electron chi connectivity index (χ3n) is 4.47. The lowest BCUT2D eigenvalue weighted by Gasteiger charge is -2.14. The summed E-state index contributed by atoms with van der Waals surface area (Å²) in [6.45, 7) is 1.44. The van der Waals surface area contributed by atoms with Crippen molar-refractivity contribution in [2.75, 3.05) is 13.7 Å². The van der Waals surface area contributed by atoms with E-state index in [1.165, 1.54) is 24.3 Å². The molecule has 3 aromatic rings. The molecule has 0 aliphatic rings. The Bertz CT molecular complexity index is 1020. The largest absolute Gasteiger partial charge is 0.497 e. The fourth-order valence-corrected chi connectivity index (χ4v) is 2.75. The number of hydrogen-bond donors (Lipinski definition) is 2.